The van der Waals surface area contributed by atoms with Crippen LogP contribution in [0.15, 0.2) is 30.3 Å². The molecule has 0 aliphatic carbocycles. The molecule has 1 heterocycles. The summed E-state index contributed by atoms with van der Waals surface area (Å²) in [5.41, 5.74) is 1.67. The van der Waals surface area contributed by atoms with Gasteiger partial charge < -0.3 is 0 Å². The molecule has 1 radical (unpaired) electrons. The smallest absolute Gasteiger partial charge is 0.101 e. The maximum atomic E-state index is 9.02. The van der Waals surface area contributed by atoms with Crippen molar-refractivity contribution in [1.82, 2.24) is 0 Å². The Labute approximate surface area is 91.6 Å². The Bertz CT molecular complexity index is 556. The van der Waals surface area contributed by atoms with Crippen molar-refractivity contribution in [3.8, 4) is 22.6 Å². The van der Waals surface area contributed by atoms with Gasteiger partial charge in [-0.3, -0.25) is 0 Å². The SMILES string of the molecule is N#Cc1cccc(-c2cc[c]s2)c1C#N. The molecule has 0 saturated heterocycles. The fourth-order valence-electron chi connectivity index (χ4n) is 1.36. The van der Waals surface area contributed by atoms with E-state index in [0.717, 1.165) is 10.4 Å². The first kappa shape index (κ1) is 9.45. The molecule has 1 aromatic carbocycles. The predicted octanol–water partition coefficient (Wildman–Crippen LogP) is 2.96. The van der Waals surface area contributed by atoms with Crippen molar-refractivity contribution in [1.29, 1.82) is 10.5 Å². The van der Waals surface area contributed by atoms with Crippen molar-refractivity contribution in [2.24, 2.45) is 0 Å². The van der Waals surface area contributed by atoms with Crippen LogP contribution >= 0.6 is 11.3 Å². The lowest BCUT2D eigenvalue weighted by atomic mass is 10.0. The number of rotatable bonds is 1. The second-order valence-electron chi connectivity index (χ2n) is 2.87. The molecule has 0 fully saturated rings. The number of hydrogen-bond donors (Lipinski definition) is 0. The van der Waals surface area contributed by atoms with Gasteiger partial charge in [-0.25, -0.2) is 0 Å². The summed E-state index contributed by atoms with van der Waals surface area (Å²) in [6.45, 7) is 0. The van der Waals surface area contributed by atoms with E-state index in [1.54, 1.807) is 18.2 Å². The van der Waals surface area contributed by atoms with Crippen LogP contribution in [0.1, 0.15) is 11.1 Å². The lowest BCUT2D eigenvalue weighted by Crippen LogP contribution is -1.87. The van der Waals surface area contributed by atoms with Crippen molar-refractivity contribution in [2.45, 2.75) is 0 Å². The first-order valence-corrected chi connectivity index (χ1v) is 5.08. The summed E-state index contributed by atoms with van der Waals surface area (Å²) < 4.78 is 0. The van der Waals surface area contributed by atoms with Crippen LogP contribution in [-0.4, -0.2) is 0 Å². The van der Waals surface area contributed by atoms with Crippen molar-refractivity contribution in [2.75, 3.05) is 0 Å². The van der Waals surface area contributed by atoms with E-state index in [1.807, 2.05) is 18.2 Å². The molecule has 0 bridgehead atoms. The summed E-state index contributed by atoms with van der Waals surface area (Å²) in [6.07, 6.45) is 0. The highest BCUT2D eigenvalue weighted by Gasteiger charge is 2.09. The van der Waals surface area contributed by atoms with Gasteiger partial charge in [0.1, 0.15) is 12.1 Å². The minimum absolute atomic E-state index is 0.420. The van der Waals surface area contributed by atoms with Gasteiger partial charge in [0, 0.05) is 15.8 Å². The maximum Gasteiger partial charge on any atom is 0.101 e. The van der Waals surface area contributed by atoms with E-state index >= 15 is 0 Å². The van der Waals surface area contributed by atoms with Crippen molar-refractivity contribution in [3.05, 3.63) is 46.8 Å². The highest BCUT2D eigenvalue weighted by atomic mass is 32.1. The fourth-order valence-corrected chi connectivity index (χ4v) is 2.04. The van der Waals surface area contributed by atoms with E-state index < -0.39 is 0 Å². The van der Waals surface area contributed by atoms with E-state index in [-0.39, 0.29) is 0 Å². The first-order chi connectivity index (χ1) is 7.36. The molecule has 3 heteroatoms. The summed E-state index contributed by atoms with van der Waals surface area (Å²) in [6, 6.07) is 13.1. The molecule has 0 saturated carbocycles. The zero-order valence-corrected chi connectivity index (χ0v) is 8.51. The van der Waals surface area contributed by atoms with Gasteiger partial charge in [0.25, 0.3) is 0 Å². The quantitative estimate of drug-likeness (QED) is 0.724. The molecule has 69 valence electrons. The number of benzene rings is 1. The summed E-state index contributed by atoms with van der Waals surface area (Å²) in [5.74, 6) is 0. The number of hydrogen-bond acceptors (Lipinski definition) is 3. The Morgan fingerprint density at radius 1 is 1.13 bits per heavy atom. The molecule has 2 aromatic rings. The normalized spacial score (nSPS) is 9.20. The standard InChI is InChI=1S/C12H5N2S/c13-7-9-3-1-4-10(11(9)8-14)12-5-2-6-15-12/h1-5H. The minimum atomic E-state index is 0.420. The van der Waals surface area contributed by atoms with Crippen LogP contribution in [-0.2, 0) is 0 Å². The molecule has 0 spiro atoms. The summed E-state index contributed by atoms with van der Waals surface area (Å²) in [7, 11) is 0. The fraction of sp³-hybridized carbons (Fsp3) is 0. The molecule has 0 amide bonds. The van der Waals surface area contributed by atoms with Crippen LogP contribution in [0.2, 0.25) is 0 Å². The molecule has 0 unspecified atom stereocenters. The molecule has 0 atom stereocenters. The third kappa shape index (κ3) is 1.61. The van der Waals surface area contributed by atoms with Crippen LogP contribution < -0.4 is 0 Å². The Balaban J connectivity index is 2.70. The number of thiophene rings is 1. The Morgan fingerprint density at radius 3 is 2.60 bits per heavy atom. The van der Waals surface area contributed by atoms with Gasteiger partial charge in [0.2, 0.25) is 0 Å². The summed E-state index contributed by atoms with van der Waals surface area (Å²) in [5, 5.41) is 20.9. The highest BCUT2D eigenvalue weighted by molar-refractivity contribution is 7.13. The minimum Gasteiger partial charge on any atom is -0.192 e. The molecule has 1 aromatic heterocycles. The molecule has 0 N–H and O–H groups in total. The Hall–Kier alpha value is -2.10. The molecule has 2 nitrogen and oxygen atoms in total. The van der Waals surface area contributed by atoms with Gasteiger partial charge in [-0.1, -0.05) is 12.1 Å². The van der Waals surface area contributed by atoms with Crippen LogP contribution in [0.3, 0.4) is 0 Å². The van der Waals surface area contributed by atoms with Gasteiger partial charge in [-0.15, -0.1) is 11.3 Å². The van der Waals surface area contributed by atoms with Gasteiger partial charge in [-0.2, -0.15) is 10.5 Å². The third-order valence-corrected chi connectivity index (χ3v) is 2.86. The molecule has 0 aliphatic heterocycles. The summed E-state index contributed by atoms with van der Waals surface area (Å²) in [4.78, 5) is 0.962. The van der Waals surface area contributed by atoms with Crippen molar-refractivity contribution >= 4 is 11.3 Å². The Morgan fingerprint density at radius 2 is 2.00 bits per heavy atom. The van der Waals surface area contributed by atoms with Crippen LogP contribution in [0.5, 0.6) is 0 Å². The molecule has 15 heavy (non-hydrogen) atoms. The van der Waals surface area contributed by atoms with Gasteiger partial charge in [0.05, 0.1) is 11.1 Å². The topological polar surface area (TPSA) is 47.6 Å². The van der Waals surface area contributed by atoms with E-state index in [9.17, 15) is 0 Å². The first-order valence-electron chi connectivity index (χ1n) is 4.26. The Kier molecular flexibility index (Phi) is 2.49. The van der Waals surface area contributed by atoms with Crippen molar-refractivity contribution in [3.63, 3.8) is 0 Å². The molecular weight excluding hydrogens is 204 g/mol. The second kappa shape index (κ2) is 3.96. The van der Waals surface area contributed by atoms with Crippen LogP contribution in [0.4, 0.5) is 0 Å². The number of nitriles is 2. The number of nitrogens with zero attached hydrogens (tertiary/aromatic N) is 2. The van der Waals surface area contributed by atoms with E-state index in [1.165, 1.54) is 11.3 Å². The second-order valence-corrected chi connectivity index (χ2v) is 3.75. The lowest BCUT2D eigenvalue weighted by Gasteiger charge is -2.01. The monoisotopic (exact) mass is 209 g/mol. The largest absolute Gasteiger partial charge is 0.192 e. The van der Waals surface area contributed by atoms with Gasteiger partial charge in [-0.05, 0) is 18.2 Å². The van der Waals surface area contributed by atoms with Crippen molar-refractivity contribution < 1.29 is 0 Å². The zero-order chi connectivity index (χ0) is 10.7. The van der Waals surface area contributed by atoms with E-state index in [2.05, 4.69) is 11.4 Å². The predicted molar refractivity (Wildman–Crippen MR) is 58.0 cm³/mol. The highest BCUT2D eigenvalue weighted by Crippen LogP contribution is 2.28. The van der Waals surface area contributed by atoms with E-state index in [4.69, 9.17) is 10.5 Å². The summed E-state index contributed by atoms with van der Waals surface area (Å²) >= 11 is 1.44. The van der Waals surface area contributed by atoms with Crippen LogP contribution in [0, 0.1) is 28.0 Å². The van der Waals surface area contributed by atoms with E-state index in [0.29, 0.717) is 11.1 Å². The van der Waals surface area contributed by atoms with Crippen LogP contribution in [0.25, 0.3) is 10.4 Å². The maximum absolute atomic E-state index is 9.02. The molecule has 0 aliphatic rings. The third-order valence-electron chi connectivity index (χ3n) is 2.03. The average molecular weight is 209 g/mol. The molecular formula is C12H5N2S. The van der Waals surface area contributed by atoms with Gasteiger partial charge in [0.15, 0.2) is 0 Å². The lowest BCUT2D eigenvalue weighted by molar-refractivity contribution is 1.43. The van der Waals surface area contributed by atoms with Gasteiger partial charge >= 0.3 is 0 Å². The molecule has 2 rings (SSSR count). The zero-order valence-electron chi connectivity index (χ0n) is 7.69. The average Bonchev–Trinajstić information content (AvgIpc) is 2.81.